The maximum absolute atomic E-state index is 12.1. The molecular weight excluding hydrogens is 398 g/mol. The zero-order valence-corrected chi connectivity index (χ0v) is 18.5. The highest BCUT2D eigenvalue weighted by molar-refractivity contribution is 7.99. The van der Waals surface area contributed by atoms with E-state index in [-0.39, 0.29) is 18.2 Å². The molecule has 6 nitrogen and oxygen atoms in total. The van der Waals surface area contributed by atoms with E-state index in [1.54, 1.807) is 12.5 Å². The molecule has 1 fully saturated rings. The van der Waals surface area contributed by atoms with E-state index in [2.05, 4.69) is 34.3 Å². The summed E-state index contributed by atoms with van der Waals surface area (Å²) in [5.74, 6) is 1.72. The number of hydrogen-bond donors (Lipinski definition) is 1. The van der Waals surface area contributed by atoms with Crippen LogP contribution in [0.3, 0.4) is 0 Å². The van der Waals surface area contributed by atoms with Crippen LogP contribution >= 0.6 is 11.8 Å². The number of Topliss-reactive ketones (excluding diaryl/α,β-unsaturated/α-hetero) is 1. The van der Waals surface area contributed by atoms with E-state index in [0.29, 0.717) is 18.6 Å². The Bertz CT molecular complexity index is 810. The van der Waals surface area contributed by atoms with Gasteiger partial charge in [-0.05, 0) is 55.5 Å². The van der Waals surface area contributed by atoms with Crippen LogP contribution in [-0.2, 0) is 28.3 Å². The summed E-state index contributed by atoms with van der Waals surface area (Å²) in [5.41, 5.74) is 3.24. The molecule has 7 heteroatoms. The summed E-state index contributed by atoms with van der Waals surface area (Å²) in [6.07, 6.45) is 8.70. The number of carbonyl (C=O) groups excluding carboxylic acids is 2. The van der Waals surface area contributed by atoms with Gasteiger partial charge in [0.05, 0.1) is 24.8 Å². The van der Waals surface area contributed by atoms with Gasteiger partial charge in [-0.2, -0.15) is 0 Å². The third-order valence-corrected chi connectivity index (χ3v) is 6.26. The molecule has 1 unspecified atom stereocenters. The Morgan fingerprint density at radius 2 is 2.23 bits per heavy atom. The third-order valence-electron chi connectivity index (χ3n) is 5.25. The van der Waals surface area contributed by atoms with Gasteiger partial charge < -0.3 is 9.73 Å². The summed E-state index contributed by atoms with van der Waals surface area (Å²) >= 11 is 1.50. The molecule has 3 rings (SSSR count). The van der Waals surface area contributed by atoms with E-state index in [1.807, 2.05) is 12.3 Å². The van der Waals surface area contributed by atoms with Gasteiger partial charge in [-0.3, -0.25) is 19.5 Å². The molecular formula is C23H31N3O3S. The van der Waals surface area contributed by atoms with Crippen molar-refractivity contribution in [1.82, 2.24) is 15.2 Å². The summed E-state index contributed by atoms with van der Waals surface area (Å²) in [6, 6.07) is 6.05. The maximum Gasteiger partial charge on any atom is 0.230 e. The lowest BCUT2D eigenvalue weighted by molar-refractivity contribution is -0.123. The van der Waals surface area contributed by atoms with Crippen LogP contribution in [-0.4, -0.2) is 47.0 Å². The minimum atomic E-state index is -0.118. The maximum atomic E-state index is 12.1. The van der Waals surface area contributed by atoms with Crippen molar-refractivity contribution in [1.29, 1.82) is 0 Å². The topological polar surface area (TPSA) is 75.4 Å². The van der Waals surface area contributed by atoms with E-state index in [0.717, 1.165) is 42.6 Å². The highest BCUT2D eigenvalue weighted by atomic mass is 32.2. The van der Waals surface area contributed by atoms with Gasteiger partial charge in [-0.25, -0.2) is 0 Å². The summed E-state index contributed by atoms with van der Waals surface area (Å²) in [4.78, 5) is 30.9. The number of aromatic nitrogens is 1. The molecule has 162 valence electrons. The number of furan rings is 1. The van der Waals surface area contributed by atoms with Gasteiger partial charge in [0.15, 0.2) is 5.78 Å². The highest BCUT2D eigenvalue weighted by Gasteiger charge is 2.16. The number of hydrogen-bond acceptors (Lipinski definition) is 6. The van der Waals surface area contributed by atoms with Gasteiger partial charge in [0, 0.05) is 42.7 Å². The fourth-order valence-electron chi connectivity index (χ4n) is 3.69. The van der Waals surface area contributed by atoms with Crippen molar-refractivity contribution in [3.8, 4) is 0 Å². The molecule has 0 radical (unpaired) electrons. The molecule has 1 aliphatic rings. The lowest BCUT2D eigenvalue weighted by Crippen LogP contribution is -2.33. The largest absolute Gasteiger partial charge is 0.472 e. The van der Waals surface area contributed by atoms with E-state index in [4.69, 9.17) is 4.42 Å². The van der Waals surface area contributed by atoms with Gasteiger partial charge in [-0.15, -0.1) is 11.8 Å². The monoisotopic (exact) mass is 429 g/mol. The van der Waals surface area contributed by atoms with Crippen LogP contribution in [0.2, 0.25) is 0 Å². The van der Waals surface area contributed by atoms with Crippen molar-refractivity contribution >= 4 is 23.5 Å². The average molecular weight is 430 g/mol. The summed E-state index contributed by atoms with van der Waals surface area (Å²) in [6.45, 7) is 5.64. The van der Waals surface area contributed by atoms with Crippen molar-refractivity contribution in [2.24, 2.45) is 5.92 Å². The Balaban J connectivity index is 1.33. The predicted octanol–water partition coefficient (Wildman–Crippen LogP) is 3.46. The van der Waals surface area contributed by atoms with E-state index >= 15 is 0 Å². The van der Waals surface area contributed by atoms with Crippen LogP contribution < -0.4 is 5.32 Å². The lowest BCUT2D eigenvalue weighted by Gasteiger charge is -2.30. The van der Waals surface area contributed by atoms with Crippen LogP contribution in [0.5, 0.6) is 0 Å². The Hall–Kier alpha value is -2.12. The molecule has 3 heterocycles. The molecule has 1 saturated heterocycles. The molecule has 2 aromatic rings. The predicted molar refractivity (Wildman–Crippen MR) is 119 cm³/mol. The van der Waals surface area contributed by atoms with Crippen molar-refractivity contribution in [3.05, 3.63) is 53.7 Å². The Kier molecular flexibility index (Phi) is 8.96. The zero-order chi connectivity index (χ0) is 21.2. The molecule has 0 aromatic carbocycles. The van der Waals surface area contributed by atoms with Gasteiger partial charge in [-0.1, -0.05) is 6.92 Å². The van der Waals surface area contributed by atoms with Crippen LogP contribution in [0.1, 0.15) is 43.0 Å². The molecule has 1 amide bonds. The van der Waals surface area contributed by atoms with Crippen LogP contribution in [0.25, 0.3) is 0 Å². The van der Waals surface area contributed by atoms with E-state index in [1.165, 1.54) is 30.2 Å². The molecule has 0 spiro atoms. The van der Waals surface area contributed by atoms with Crippen LogP contribution in [0.4, 0.5) is 0 Å². The van der Waals surface area contributed by atoms with Crippen molar-refractivity contribution in [2.45, 2.75) is 44.9 Å². The number of rotatable bonds is 11. The fourth-order valence-corrected chi connectivity index (χ4v) is 4.48. The molecule has 1 aliphatic heterocycles. The standard InChI is InChI=1S/C23H31N3O3S/c1-18-3-2-9-26(13-18)14-19-6-8-24-21(11-19)4-5-22(27)12-25-23(28)17-30-16-20-7-10-29-15-20/h6-8,10-11,15,18H,2-5,9,12-14,16-17H2,1H3,(H,25,28). The Morgan fingerprint density at radius 3 is 3.03 bits per heavy atom. The molecule has 2 aromatic heterocycles. The summed E-state index contributed by atoms with van der Waals surface area (Å²) in [5, 5.41) is 2.71. The number of carbonyl (C=O) groups is 2. The van der Waals surface area contributed by atoms with Gasteiger partial charge in [0.25, 0.3) is 0 Å². The first-order valence-electron chi connectivity index (χ1n) is 10.6. The smallest absolute Gasteiger partial charge is 0.230 e. The zero-order valence-electron chi connectivity index (χ0n) is 17.6. The number of pyridine rings is 1. The average Bonchev–Trinajstić information content (AvgIpc) is 3.24. The molecule has 0 aliphatic carbocycles. The number of likely N-dealkylation sites (tertiary alicyclic amines) is 1. The second kappa shape index (κ2) is 11.9. The van der Waals surface area contributed by atoms with Crippen LogP contribution in [0.15, 0.2) is 41.3 Å². The number of aryl methyl sites for hydroxylation is 1. The number of nitrogens with zero attached hydrogens (tertiary/aromatic N) is 2. The van der Waals surface area contributed by atoms with Crippen LogP contribution in [0, 0.1) is 5.92 Å². The fraction of sp³-hybridized carbons (Fsp3) is 0.522. The minimum absolute atomic E-state index is 0.0280. The highest BCUT2D eigenvalue weighted by Crippen LogP contribution is 2.18. The Morgan fingerprint density at radius 1 is 1.33 bits per heavy atom. The van der Waals surface area contributed by atoms with Gasteiger partial charge in [0.2, 0.25) is 5.91 Å². The molecule has 0 saturated carbocycles. The van der Waals surface area contributed by atoms with E-state index in [9.17, 15) is 9.59 Å². The first kappa shape index (κ1) is 22.6. The second-order valence-electron chi connectivity index (χ2n) is 8.08. The first-order chi connectivity index (χ1) is 14.6. The lowest BCUT2D eigenvalue weighted by atomic mass is 10.00. The van der Waals surface area contributed by atoms with Gasteiger partial charge in [0.1, 0.15) is 0 Å². The van der Waals surface area contributed by atoms with Crippen molar-refractivity contribution in [3.63, 3.8) is 0 Å². The molecule has 1 atom stereocenters. The third kappa shape index (κ3) is 7.95. The minimum Gasteiger partial charge on any atom is -0.472 e. The molecule has 1 N–H and O–H groups in total. The quantitative estimate of drug-likeness (QED) is 0.590. The number of nitrogens with one attached hydrogen (secondary N) is 1. The normalized spacial score (nSPS) is 17.0. The second-order valence-corrected chi connectivity index (χ2v) is 9.06. The SMILES string of the molecule is CC1CCCN(Cc2ccnc(CCC(=O)CNC(=O)CSCc3ccoc3)c2)C1. The summed E-state index contributed by atoms with van der Waals surface area (Å²) in [7, 11) is 0. The molecule has 30 heavy (non-hydrogen) atoms. The Labute approximate surface area is 182 Å². The number of amides is 1. The summed E-state index contributed by atoms with van der Waals surface area (Å²) < 4.78 is 5.00. The van der Waals surface area contributed by atoms with Gasteiger partial charge >= 0.3 is 0 Å². The number of piperidine rings is 1. The number of ketones is 1. The van der Waals surface area contributed by atoms with E-state index < -0.39 is 0 Å². The number of thioether (sulfide) groups is 1. The van der Waals surface area contributed by atoms with Crippen molar-refractivity contribution < 1.29 is 14.0 Å². The molecule has 0 bridgehead atoms. The van der Waals surface area contributed by atoms with Crippen molar-refractivity contribution in [2.75, 3.05) is 25.4 Å². The first-order valence-corrected chi connectivity index (χ1v) is 11.8.